The van der Waals surface area contributed by atoms with Gasteiger partial charge in [0.2, 0.25) is 5.91 Å². The van der Waals surface area contributed by atoms with Crippen LogP contribution in [0, 0.1) is 0 Å². The quantitative estimate of drug-likeness (QED) is 0.855. The van der Waals surface area contributed by atoms with Crippen molar-refractivity contribution < 1.29 is 14.3 Å². The molecule has 1 aliphatic rings. The van der Waals surface area contributed by atoms with Crippen LogP contribution in [-0.4, -0.2) is 54.1 Å². The second kappa shape index (κ2) is 8.51. The number of carbonyl (C=O) groups is 1. The third kappa shape index (κ3) is 4.41. The first-order valence-electron chi connectivity index (χ1n) is 8.72. The molecule has 1 fully saturated rings. The van der Waals surface area contributed by atoms with Gasteiger partial charge in [-0.3, -0.25) is 4.79 Å². The summed E-state index contributed by atoms with van der Waals surface area (Å²) in [5, 5.41) is 3.37. The predicted molar refractivity (Wildman–Crippen MR) is 98.5 cm³/mol. The molecule has 1 saturated heterocycles. The van der Waals surface area contributed by atoms with Crippen LogP contribution in [0.5, 0.6) is 11.6 Å². The van der Waals surface area contributed by atoms with Crippen LogP contribution < -0.4 is 14.8 Å². The number of hydrogen-bond acceptors (Lipinski definition) is 6. The van der Waals surface area contributed by atoms with Crippen molar-refractivity contribution in [3.05, 3.63) is 42.2 Å². The molecule has 0 saturated carbocycles. The van der Waals surface area contributed by atoms with Gasteiger partial charge < -0.3 is 19.7 Å². The van der Waals surface area contributed by atoms with Crippen molar-refractivity contribution >= 4 is 11.7 Å². The Hall–Kier alpha value is -2.83. The van der Waals surface area contributed by atoms with Crippen LogP contribution in [0.1, 0.15) is 18.4 Å². The fourth-order valence-electron chi connectivity index (χ4n) is 3.07. The number of amides is 1. The van der Waals surface area contributed by atoms with Crippen LogP contribution in [0.25, 0.3) is 0 Å². The van der Waals surface area contributed by atoms with Crippen LogP contribution in [-0.2, 0) is 11.2 Å². The number of hydrogen-bond donors (Lipinski definition) is 1. The Kier molecular flexibility index (Phi) is 5.88. The summed E-state index contributed by atoms with van der Waals surface area (Å²) in [6.07, 6.45) is 5.39. The number of anilines is 1. The Balaban J connectivity index is 1.50. The van der Waals surface area contributed by atoms with Crippen molar-refractivity contribution in [1.82, 2.24) is 14.9 Å². The molecule has 26 heavy (non-hydrogen) atoms. The maximum absolute atomic E-state index is 12.5. The summed E-state index contributed by atoms with van der Waals surface area (Å²) >= 11 is 0. The normalized spacial score (nSPS) is 14.8. The molecular weight excluding hydrogens is 332 g/mol. The summed E-state index contributed by atoms with van der Waals surface area (Å²) in [6, 6.07) is 7.89. The molecule has 1 amide bonds. The molecule has 0 atom stereocenters. The molecule has 1 aliphatic heterocycles. The monoisotopic (exact) mass is 356 g/mol. The van der Waals surface area contributed by atoms with Crippen molar-refractivity contribution in [2.75, 3.05) is 32.6 Å². The van der Waals surface area contributed by atoms with E-state index in [1.807, 2.05) is 29.2 Å². The van der Waals surface area contributed by atoms with E-state index in [-0.39, 0.29) is 11.9 Å². The van der Waals surface area contributed by atoms with Crippen molar-refractivity contribution in [3.8, 4) is 11.6 Å². The standard InChI is InChI=1S/C19H24N4O3/c1-25-16-5-3-14(4-6-16)13-17(24)23-11-7-15(8-12-23)22-18-19(26-2)21-10-9-20-18/h3-6,9-10,15H,7-8,11-13H2,1-2H3,(H,20,22). The molecule has 2 heterocycles. The second-order valence-corrected chi connectivity index (χ2v) is 6.24. The summed E-state index contributed by atoms with van der Waals surface area (Å²) in [5.74, 6) is 2.10. The zero-order chi connectivity index (χ0) is 18.4. The van der Waals surface area contributed by atoms with Crippen molar-refractivity contribution in [2.24, 2.45) is 0 Å². The first kappa shape index (κ1) is 18.0. The molecule has 0 aliphatic carbocycles. The lowest BCUT2D eigenvalue weighted by Gasteiger charge is -2.32. The summed E-state index contributed by atoms with van der Waals surface area (Å²) < 4.78 is 10.4. The first-order valence-corrected chi connectivity index (χ1v) is 8.72. The van der Waals surface area contributed by atoms with Gasteiger partial charge in [0.05, 0.1) is 20.6 Å². The number of nitrogens with zero attached hydrogens (tertiary/aromatic N) is 3. The number of methoxy groups -OCH3 is 2. The molecule has 1 N–H and O–H groups in total. The third-order valence-corrected chi connectivity index (χ3v) is 4.56. The molecule has 0 bridgehead atoms. The SMILES string of the molecule is COc1ccc(CC(=O)N2CCC(Nc3nccnc3OC)CC2)cc1. The van der Waals surface area contributed by atoms with Crippen molar-refractivity contribution in [2.45, 2.75) is 25.3 Å². The summed E-state index contributed by atoms with van der Waals surface area (Å²) in [4.78, 5) is 22.9. The highest BCUT2D eigenvalue weighted by Crippen LogP contribution is 2.22. The minimum atomic E-state index is 0.158. The van der Waals surface area contributed by atoms with Crippen LogP contribution >= 0.6 is 0 Å². The van der Waals surface area contributed by atoms with Crippen LogP contribution in [0.15, 0.2) is 36.7 Å². The number of carbonyl (C=O) groups excluding carboxylic acids is 1. The van der Waals surface area contributed by atoms with Crippen molar-refractivity contribution in [3.63, 3.8) is 0 Å². The fraction of sp³-hybridized carbons (Fsp3) is 0.421. The van der Waals surface area contributed by atoms with Gasteiger partial charge in [0.25, 0.3) is 5.88 Å². The molecule has 3 rings (SSSR count). The Bertz CT molecular complexity index is 728. The topological polar surface area (TPSA) is 76.6 Å². The lowest BCUT2D eigenvalue weighted by atomic mass is 10.0. The van der Waals surface area contributed by atoms with Crippen LogP contribution in [0.4, 0.5) is 5.82 Å². The number of aromatic nitrogens is 2. The zero-order valence-corrected chi connectivity index (χ0v) is 15.1. The van der Waals surface area contributed by atoms with Gasteiger partial charge in [-0.25, -0.2) is 9.97 Å². The maximum Gasteiger partial charge on any atom is 0.257 e. The number of benzene rings is 1. The van der Waals surface area contributed by atoms with E-state index in [0.717, 1.165) is 37.2 Å². The van der Waals surface area contributed by atoms with E-state index in [4.69, 9.17) is 9.47 Å². The minimum Gasteiger partial charge on any atom is -0.497 e. The zero-order valence-electron chi connectivity index (χ0n) is 15.1. The highest BCUT2D eigenvalue weighted by Gasteiger charge is 2.23. The Labute approximate surface area is 153 Å². The lowest BCUT2D eigenvalue weighted by molar-refractivity contribution is -0.131. The van der Waals surface area contributed by atoms with Gasteiger partial charge >= 0.3 is 0 Å². The lowest BCUT2D eigenvalue weighted by Crippen LogP contribution is -2.43. The van der Waals surface area contributed by atoms with Gasteiger partial charge in [-0.05, 0) is 30.5 Å². The van der Waals surface area contributed by atoms with Gasteiger partial charge in [-0.15, -0.1) is 0 Å². The third-order valence-electron chi connectivity index (χ3n) is 4.56. The molecule has 7 nitrogen and oxygen atoms in total. The highest BCUT2D eigenvalue weighted by atomic mass is 16.5. The maximum atomic E-state index is 12.5. The predicted octanol–water partition coefficient (Wildman–Crippen LogP) is 2.14. The molecule has 2 aromatic rings. The van der Waals surface area contributed by atoms with E-state index in [0.29, 0.717) is 18.1 Å². The van der Waals surface area contributed by atoms with E-state index in [1.54, 1.807) is 26.6 Å². The average Bonchev–Trinajstić information content (AvgIpc) is 2.69. The fourth-order valence-corrected chi connectivity index (χ4v) is 3.07. The average molecular weight is 356 g/mol. The van der Waals surface area contributed by atoms with Gasteiger partial charge in [0.15, 0.2) is 5.82 Å². The molecule has 0 radical (unpaired) electrons. The molecule has 7 heteroatoms. The molecule has 1 aromatic carbocycles. The van der Waals surface area contributed by atoms with E-state index < -0.39 is 0 Å². The van der Waals surface area contributed by atoms with Crippen LogP contribution in [0.3, 0.4) is 0 Å². The van der Waals surface area contributed by atoms with E-state index in [9.17, 15) is 4.79 Å². The Morgan fingerprint density at radius 2 is 1.81 bits per heavy atom. The second-order valence-electron chi connectivity index (χ2n) is 6.24. The molecule has 1 aromatic heterocycles. The highest BCUT2D eigenvalue weighted by molar-refractivity contribution is 5.79. The van der Waals surface area contributed by atoms with Gasteiger partial charge in [-0.1, -0.05) is 12.1 Å². The Morgan fingerprint density at radius 3 is 2.46 bits per heavy atom. The van der Waals surface area contributed by atoms with Gasteiger partial charge in [0.1, 0.15) is 5.75 Å². The summed E-state index contributed by atoms with van der Waals surface area (Å²) in [7, 11) is 3.21. The molecule has 138 valence electrons. The van der Waals surface area contributed by atoms with E-state index >= 15 is 0 Å². The summed E-state index contributed by atoms with van der Waals surface area (Å²) in [5.41, 5.74) is 1.00. The molecule has 0 unspecified atom stereocenters. The Morgan fingerprint density at radius 1 is 1.12 bits per heavy atom. The molecule has 0 spiro atoms. The van der Waals surface area contributed by atoms with Crippen molar-refractivity contribution in [1.29, 1.82) is 0 Å². The van der Waals surface area contributed by atoms with Gasteiger partial charge in [-0.2, -0.15) is 0 Å². The summed E-state index contributed by atoms with van der Waals surface area (Å²) in [6.45, 7) is 1.46. The smallest absolute Gasteiger partial charge is 0.257 e. The van der Waals surface area contributed by atoms with Gasteiger partial charge in [0, 0.05) is 31.5 Å². The number of rotatable bonds is 6. The number of ether oxygens (including phenoxy) is 2. The number of likely N-dealkylation sites (tertiary alicyclic amines) is 1. The minimum absolute atomic E-state index is 0.158. The van der Waals surface area contributed by atoms with E-state index in [1.165, 1.54) is 0 Å². The first-order chi connectivity index (χ1) is 12.7. The largest absolute Gasteiger partial charge is 0.497 e. The van der Waals surface area contributed by atoms with E-state index in [2.05, 4.69) is 15.3 Å². The number of piperidine rings is 1. The number of nitrogens with one attached hydrogen (secondary N) is 1. The van der Waals surface area contributed by atoms with Crippen LogP contribution in [0.2, 0.25) is 0 Å². The molecular formula is C19H24N4O3.